The topological polar surface area (TPSA) is 88.1 Å². The minimum atomic E-state index is -1.43. The molecular weight excluding hydrogens is 360 g/mol. The van der Waals surface area contributed by atoms with Crippen LogP contribution in [0.15, 0.2) is 54.6 Å². The highest BCUT2D eigenvalue weighted by molar-refractivity contribution is 5.95. The second-order valence-corrected chi connectivity index (χ2v) is 6.53. The van der Waals surface area contributed by atoms with Crippen LogP contribution in [0, 0.1) is 0 Å². The number of carbonyl (C=O) groups is 2. The summed E-state index contributed by atoms with van der Waals surface area (Å²) in [5.74, 6) is -1.33. The van der Waals surface area contributed by atoms with Gasteiger partial charge in [-0.3, -0.25) is 4.79 Å². The van der Waals surface area contributed by atoms with Crippen LogP contribution in [0.2, 0.25) is 0 Å². The van der Waals surface area contributed by atoms with Crippen LogP contribution in [0.1, 0.15) is 18.6 Å². The van der Waals surface area contributed by atoms with Crippen LogP contribution in [0.3, 0.4) is 0 Å². The smallest absolute Gasteiger partial charge is 0.340 e. The first kappa shape index (κ1) is 19.9. The molecule has 1 amide bonds. The van der Waals surface area contributed by atoms with Crippen LogP contribution < -0.4 is 10.2 Å². The Labute approximate surface area is 163 Å². The van der Waals surface area contributed by atoms with Crippen LogP contribution in [0.25, 0.3) is 0 Å². The Balaban J connectivity index is 1.53. The van der Waals surface area contributed by atoms with E-state index in [9.17, 15) is 14.7 Å². The van der Waals surface area contributed by atoms with Gasteiger partial charge in [0.15, 0.2) is 12.2 Å². The molecule has 1 saturated heterocycles. The lowest BCUT2D eigenvalue weighted by Gasteiger charge is -2.29. The molecule has 1 fully saturated rings. The molecule has 0 unspecified atom stereocenters. The maximum Gasteiger partial charge on any atom is 0.340 e. The van der Waals surface area contributed by atoms with Gasteiger partial charge in [0, 0.05) is 24.5 Å². The molecule has 0 spiro atoms. The zero-order valence-corrected chi connectivity index (χ0v) is 15.7. The fourth-order valence-electron chi connectivity index (χ4n) is 2.88. The fraction of sp³-hybridized carbons (Fsp3) is 0.333. The number of esters is 1. The number of amides is 1. The molecule has 1 aliphatic rings. The molecule has 0 radical (unpaired) electrons. The van der Waals surface area contributed by atoms with Crippen molar-refractivity contribution in [2.24, 2.45) is 0 Å². The second-order valence-electron chi connectivity index (χ2n) is 6.53. The minimum Gasteiger partial charge on any atom is -0.450 e. The third-order valence-electron chi connectivity index (χ3n) is 4.51. The molecule has 1 aliphatic heterocycles. The van der Waals surface area contributed by atoms with Gasteiger partial charge in [-0.05, 0) is 36.8 Å². The van der Waals surface area contributed by atoms with Gasteiger partial charge in [0.25, 0.3) is 5.91 Å². The van der Waals surface area contributed by atoms with Crippen LogP contribution in [-0.4, -0.2) is 49.4 Å². The number of carbonyl (C=O) groups excluding carboxylic acids is 2. The number of rotatable bonds is 6. The van der Waals surface area contributed by atoms with E-state index in [1.807, 2.05) is 12.1 Å². The summed E-state index contributed by atoms with van der Waals surface area (Å²) >= 11 is 0. The van der Waals surface area contributed by atoms with Gasteiger partial charge in [-0.2, -0.15) is 0 Å². The molecular formula is C21H24N2O5. The molecule has 3 rings (SSSR count). The summed E-state index contributed by atoms with van der Waals surface area (Å²) in [4.78, 5) is 26.6. The lowest BCUT2D eigenvalue weighted by atomic mass is 10.1. The molecule has 2 atom stereocenters. The van der Waals surface area contributed by atoms with Crippen molar-refractivity contribution in [2.75, 3.05) is 36.5 Å². The third kappa shape index (κ3) is 5.09. The van der Waals surface area contributed by atoms with E-state index in [4.69, 9.17) is 9.47 Å². The number of benzene rings is 2. The lowest BCUT2D eigenvalue weighted by Crippen LogP contribution is -2.36. The molecule has 0 saturated carbocycles. The Morgan fingerprint density at radius 1 is 1.07 bits per heavy atom. The number of aliphatic hydroxyl groups excluding tert-OH is 1. The van der Waals surface area contributed by atoms with Crippen molar-refractivity contribution in [3.05, 3.63) is 60.2 Å². The van der Waals surface area contributed by atoms with Crippen LogP contribution in [-0.2, 0) is 19.1 Å². The Kier molecular flexibility index (Phi) is 6.62. The van der Waals surface area contributed by atoms with E-state index in [2.05, 4.69) is 10.2 Å². The number of hydrogen-bond donors (Lipinski definition) is 2. The van der Waals surface area contributed by atoms with Gasteiger partial charge < -0.3 is 24.8 Å². The second kappa shape index (κ2) is 9.34. The fourth-order valence-corrected chi connectivity index (χ4v) is 2.88. The van der Waals surface area contributed by atoms with Gasteiger partial charge in [-0.25, -0.2) is 4.79 Å². The maximum atomic E-state index is 12.3. The number of nitrogens with zero attached hydrogens (tertiary/aromatic N) is 1. The predicted molar refractivity (Wildman–Crippen MR) is 105 cm³/mol. The lowest BCUT2D eigenvalue weighted by molar-refractivity contribution is -0.162. The molecule has 1 heterocycles. The highest BCUT2D eigenvalue weighted by Gasteiger charge is 2.24. The number of nitrogens with one attached hydrogen (secondary N) is 1. The van der Waals surface area contributed by atoms with E-state index < -0.39 is 24.1 Å². The van der Waals surface area contributed by atoms with Gasteiger partial charge in [0.1, 0.15) is 0 Å². The number of hydrogen-bond acceptors (Lipinski definition) is 6. The Morgan fingerprint density at radius 2 is 1.71 bits per heavy atom. The molecule has 2 N–H and O–H groups in total. The quantitative estimate of drug-likeness (QED) is 0.742. The molecule has 7 nitrogen and oxygen atoms in total. The van der Waals surface area contributed by atoms with Gasteiger partial charge in [0.2, 0.25) is 0 Å². The van der Waals surface area contributed by atoms with Crippen molar-refractivity contribution >= 4 is 23.3 Å². The van der Waals surface area contributed by atoms with E-state index in [0.717, 1.165) is 18.8 Å². The average Bonchev–Trinajstić information content (AvgIpc) is 2.75. The van der Waals surface area contributed by atoms with Crippen molar-refractivity contribution in [3.63, 3.8) is 0 Å². The maximum absolute atomic E-state index is 12.3. The first-order chi connectivity index (χ1) is 13.5. The first-order valence-electron chi connectivity index (χ1n) is 9.22. The van der Waals surface area contributed by atoms with E-state index >= 15 is 0 Å². The number of ether oxygens (including phenoxy) is 2. The average molecular weight is 384 g/mol. The van der Waals surface area contributed by atoms with Crippen molar-refractivity contribution in [1.29, 1.82) is 0 Å². The van der Waals surface area contributed by atoms with Crippen LogP contribution >= 0.6 is 0 Å². The van der Waals surface area contributed by atoms with Gasteiger partial charge >= 0.3 is 5.97 Å². The Bertz CT molecular complexity index is 788. The molecule has 2 aromatic carbocycles. The van der Waals surface area contributed by atoms with Crippen molar-refractivity contribution in [3.8, 4) is 0 Å². The summed E-state index contributed by atoms with van der Waals surface area (Å²) in [6.45, 7) is 4.55. The largest absolute Gasteiger partial charge is 0.450 e. The predicted octanol–water partition coefficient (Wildman–Crippen LogP) is 2.13. The van der Waals surface area contributed by atoms with E-state index in [1.54, 1.807) is 42.5 Å². The summed E-state index contributed by atoms with van der Waals surface area (Å²) < 4.78 is 10.4. The summed E-state index contributed by atoms with van der Waals surface area (Å²) in [5, 5.41) is 12.8. The highest BCUT2D eigenvalue weighted by atomic mass is 16.6. The zero-order chi connectivity index (χ0) is 19.9. The van der Waals surface area contributed by atoms with Gasteiger partial charge in [0.05, 0.1) is 13.2 Å². The van der Waals surface area contributed by atoms with Crippen LogP contribution in [0.4, 0.5) is 11.4 Å². The third-order valence-corrected chi connectivity index (χ3v) is 4.51. The SMILES string of the molecule is C[C@H](OC(=O)[C@H](O)c1ccccc1)C(=O)Nc1ccc(N2CCOCC2)cc1. The molecule has 148 valence electrons. The standard InChI is InChI=1S/C21H24N2O5/c1-15(28-21(26)19(24)16-5-3-2-4-6-16)20(25)22-17-7-9-18(10-8-17)23-11-13-27-14-12-23/h2-10,15,19,24H,11-14H2,1H3,(H,22,25)/t15-,19+/m0/s1. The normalized spacial score (nSPS) is 16.1. The zero-order valence-electron chi connectivity index (χ0n) is 15.7. The van der Waals surface area contributed by atoms with Crippen molar-refractivity contribution in [1.82, 2.24) is 0 Å². The molecule has 2 aromatic rings. The molecule has 7 heteroatoms. The Morgan fingerprint density at radius 3 is 2.36 bits per heavy atom. The summed E-state index contributed by atoms with van der Waals surface area (Å²) in [6.07, 6.45) is -2.46. The number of anilines is 2. The van der Waals surface area contributed by atoms with E-state index in [1.165, 1.54) is 6.92 Å². The number of aliphatic hydroxyl groups is 1. The van der Waals surface area contributed by atoms with Crippen molar-refractivity contribution in [2.45, 2.75) is 19.1 Å². The summed E-state index contributed by atoms with van der Waals surface area (Å²) in [6, 6.07) is 15.9. The summed E-state index contributed by atoms with van der Waals surface area (Å²) in [7, 11) is 0. The monoisotopic (exact) mass is 384 g/mol. The highest BCUT2D eigenvalue weighted by Crippen LogP contribution is 2.20. The van der Waals surface area contributed by atoms with Gasteiger partial charge in [-0.1, -0.05) is 30.3 Å². The molecule has 0 aliphatic carbocycles. The minimum absolute atomic E-state index is 0.416. The number of morpholine rings is 1. The van der Waals surface area contributed by atoms with E-state index in [-0.39, 0.29) is 0 Å². The van der Waals surface area contributed by atoms with Gasteiger partial charge in [-0.15, -0.1) is 0 Å². The molecule has 0 bridgehead atoms. The molecule has 28 heavy (non-hydrogen) atoms. The van der Waals surface area contributed by atoms with Crippen molar-refractivity contribution < 1.29 is 24.2 Å². The van der Waals surface area contributed by atoms with E-state index in [0.29, 0.717) is 24.5 Å². The molecule has 0 aromatic heterocycles. The Hall–Kier alpha value is -2.90. The van der Waals surface area contributed by atoms with Crippen LogP contribution in [0.5, 0.6) is 0 Å². The summed E-state index contributed by atoms with van der Waals surface area (Å²) in [5.41, 5.74) is 2.08. The first-order valence-corrected chi connectivity index (χ1v) is 9.22.